The normalized spacial score (nSPS) is 10.0. The van der Waals surface area contributed by atoms with Crippen LogP contribution in [0.25, 0.3) is 0 Å². The quantitative estimate of drug-likeness (QED) is 0.724. The maximum Gasteiger partial charge on any atom is 0.138 e. The fourth-order valence-electron chi connectivity index (χ4n) is 1.07. The number of nitrogens with zero attached hydrogens (tertiary/aromatic N) is 1. The molecule has 1 aromatic heterocycles. The lowest BCUT2D eigenvalue weighted by atomic mass is 10.2. The van der Waals surface area contributed by atoms with E-state index in [1.54, 1.807) is 6.20 Å². The Morgan fingerprint density at radius 3 is 2.87 bits per heavy atom. The Morgan fingerprint density at radius 1 is 1.53 bits per heavy atom. The van der Waals surface area contributed by atoms with Crippen molar-refractivity contribution in [2.75, 3.05) is 13.7 Å². The Labute approximate surface area is 91.2 Å². The molecule has 3 heteroatoms. The van der Waals surface area contributed by atoms with Crippen LogP contribution in [0.4, 0.5) is 0 Å². The number of aromatic nitrogens is 1. The topological polar surface area (TPSA) is 34.1 Å². The van der Waals surface area contributed by atoms with Gasteiger partial charge in [0.1, 0.15) is 12.4 Å². The van der Waals surface area contributed by atoms with Crippen molar-refractivity contribution in [3.63, 3.8) is 0 Å². The molecular weight excluding hydrogens is 188 g/mol. The Kier molecular flexibility index (Phi) is 4.84. The summed E-state index contributed by atoms with van der Waals surface area (Å²) in [6.07, 6.45) is 2.70. The number of ether oxygens (including phenoxy) is 1. The number of hydrogen-bond acceptors (Lipinski definition) is 3. The average Bonchev–Trinajstić information content (AvgIpc) is 2.28. The first-order chi connectivity index (χ1) is 7.26. The fourth-order valence-corrected chi connectivity index (χ4v) is 1.07. The second-order valence-corrected chi connectivity index (χ2v) is 3.41. The zero-order valence-electron chi connectivity index (χ0n) is 9.42. The summed E-state index contributed by atoms with van der Waals surface area (Å²) in [5.41, 5.74) is 2.11. The summed E-state index contributed by atoms with van der Waals surface area (Å²) in [6.45, 7) is 7.30. The van der Waals surface area contributed by atoms with Gasteiger partial charge in [0.2, 0.25) is 0 Å². The van der Waals surface area contributed by atoms with Crippen LogP contribution in [0.1, 0.15) is 19.0 Å². The number of rotatable bonds is 6. The van der Waals surface area contributed by atoms with E-state index in [1.165, 1.54) is 0 Å². The van der Waals surface area contributed by atoms with Crippen molar-refractivity contribution in [2.45, 2.75) is 19.9 Å². The van der Waals surface area contributed by atoms with Crippen molar-refractivity contribution in [1.82, 2.24) is 10.3 Å². The number of hydrogen-bond donors (Lipinski definition) is 1. The smallest absolute Gasteiger partial charge is 0.138 e. The van der Waals surface area contributed by atoms with Crippen LogP contribution in [0.3, 0.4) is 0 Å². The molecule has 0 aliphatic heterocycles. The second-order valence-electron chi connectivity index (χ2n) is 3.41. The van der Waals surface area contributed by atoms with Crippen LogP contribution in [-0.4, -0.2) is 18.6 Å². The zero-order valence-corrected chi connectivity index (χ0v) is 9.42. The van der Waals surface area contributed by atoms with Crippen LogP contribution >= 0.6 is 0 Å². The van der Waals surface area contributed by atoms with E-state index in [9.17, 15) is 0 Å². The molecule has 0 bridgehead atoms. The minimum atomic E-state index is 0.573. The van der Waals surface area contributed by atoms with Crippen molar-refractivity contribution >= 4 is 0 Å². The van der Waals surface area contributed by atoms with E-state index in [4.69, 9.17) is 4.74 Å². The molecule has 0 aliphatic carbocycles. The van der Waals surface area contributed by atoms with Gasteiger partial charge in [0.05, 0.1) is 11.9 Å². The van der Waals surface area contributed by atoms with Crippen LogP contribution in [0.2, 0.25) is 0 Å². The van der Waals surface area contributed by atoms with Gasteiger partial charge in [-0.15, -0.1) is 0 Å². The molecule has 0 amide bonds. The standard InChI is InChI=1S/C12H18N2O/c1-4-10(2)9-15-12-6-5-11(7-13-3)14-8-12/h5-6,8,13H,2,4,7,9H2,1,3H3. The Bertz CT molecular complexity index is 306. The molecule has 0 aliphatic rings. The molecule has 82 valence electrons. The molecule has 1 heterocycles. The van der Waals surface area contributed by atoms with Crippen molar-refractivity contribution in [3.8, 4) is 5.75 Å². The number of nitrogens with one attached hydrogen (secondary N) is 1. The molecule has 0 aromatic carbocycles. The molecule has 0 spiro atoms. The van der Waals surface area contributed by atoms with E-state index in [-0.39, 0.29) is 0 Å². The van der Waals surface area contributed by atoms with Crippen molar-refractivity contribution in [3.05, 3.63) is 36.2 Å². The summed E-state index contributed by atoms with van der Waals surface area (Å²) < 4.78 is 5.51. The molecule has 1 rings (SSSR count). The van der Waals surface area contributed by atoms with Crippen LogP contribution in [0, 0.1) is 0 Å². The van der Waals surface area contributed by atoms with Crippen LogP contribution in [-0.2, 0) is 6.54 Å². The van der Waals surface area contributed by atoms with Gasteiger partial charge in [-0.1, -0.05) is 13.5 Å². The van der Waals surface area contributed by atoms with Gasteiger partial charge in [-0.2, -0.15) is 0 Å². The van der Waals surface area contributed by atoms with E-state index in [0.29, 0.717) is 6.61 Å². The summed E-state index contributed by atoms with van der Waals surface area (Å²) in [5.74, 6) is 0.796. The molecule has 0 saturated heterocycles. The van der Waals surface area contributed by atoms with E-state index >= 15 is 0 Å². The van der Waals surface area contributed by atoms with Gasteiger partial charge >= 0.3 is 0 Å². The minimum absolute atomic E-state index is 0.573. The third-order valence-corrected chi connectivity index (χ3v) is 2.10. The lowest BCUT2D eigenvalue weighted by Gasteiger charge is -2.07. The first-order valence-electron chi connectivity index (χ1n) is 5.15. The molecule has 15 heavy (non-hydrogen) atoms. The molecule has 0 unspecified atom stereocenters. The molecule has 1 aromatic rings. The second kappa shape index (κ2) is 6.19. The van der Waals surface area contributed by atoms with E-state index in [1.807, 2.05) is 19.2 Å². The summed E-state index contributed by atoms with van der Waals surface area (Å²) >= 11 is 0. The van der Waals surface area contributed by atoms with E-state index < -0.39 is 0 Å². The molecule has 0 radical (unpaired) electrons. The highest BCUT2D eigenvalue weighted by atomic mass is 16.5. The minimum Gasteiger partial charge on any atom is -0.488 e. The molecule has 0 saturated carbocycles. The van der Waals surface area contributed by atoms with E-state index in [2.05, 4.69) is 23.8 Å². The van der Waals surface area contributed by atoms with Gasteiger partial charge < -0.3 is 10.1 Å². The fraction of sp³-hybridized carbons (Fsp3) is 0.417. The average molecular weight is 206 g/mol. The van der Waals surface area contributed by atoms with Crippen LogP contribution in [0.15, 0.2) is 30.5 Å². The molecule has 0 fully saturated rings. The van der Waals surface area contributed by atoms with Gasteiger partial charge in [-0.3, -0.25) is 4.98 Å². The Morgan fingerprint density at radius 2 is 2.33 bits per heavy atom. The third-order valence-electron chi connectivity index (χ3n) is 2.10. The van der Waals surface area contributed by atoms with Crippen molar-refractivity contribution < 1.29 is 4.74 Å². The first kappa shape index (κ1) is 11.7. The maximum atomic E-state index is 5.51. The van der Waals surface area contributed by atoms with Gasteiger partial charge in [-0.05, 0) is 31.2 Å². The van der Waals surface area contributed by atoms with Crippen molar-refractivity contribution in [1.29, 1.82) is 0 Å². The first-order valence-corrected chi connectivity index (χ1v) is 5.15. The zero-order chi connectivity index (χ0) is 11.1. The summed E-state index contributed by atoms with van der Waals surface area (Å²) in [6, 6.07) is 3.89. The predicted octanol–water partition coefficient (Wildman–Crippen LogP) is 2.15. The largest absolute Gasteiger partial charge is 0.488 e. The lowest BCUT2D eigenvalue weighted by Crippen LogP contribution is -2.07. The summed E-state index contributed by atoms with van der Waals surface area (Å²) in [5, 5.41) is 3.05. The van der Waals surface area contributed by atoms with Gasteiger partial charge in [0, 0.05) is 6.54 Å². The SMILES string of the molecule is C=C(CC)COc1ccc(CNC)nc1. The van der Waals surface area contributed by atoms with E-state index in [0.717, 1.165) is 30.0 Å². The third kappa shape index (κ3) is 4.13. The molecule has 0 atom stereocenters. The predicted molar refractivity (Wildman–Crippen MR) is 61.9 cm³/mol. The van der Waals surface area contributed by atoms with Crippen molar-refractivity contribution in [2.24, 2.45) is 0 Å². The Hall–Kier alpha value is -1.35. The van der Waals surface area contributed by atoms with Gasteiger partial charge in [-0.25, -0.2) is 0 Å². The van der Waals surface area contributed by atoms with Crippen LogP contribution < -0.4 is 10.1 Å². The number of pyridine rings is 1. The highest BCUT2D eigenvalue weighted by Crippen LogP contribution is 2.10. The highest BCUT2D eigenvalue weighted by molar-refractivity contribution is 5.20. The molecule has 3 nitrogen and oxygen atoms in total. The van der Waals surface area contributed by atoms with Gasteiger partial charge in [0.15, 0.2) is 0 Å². The molecular formula is C12H18N2O. The lowest BCUT2D eigenvalue weighted by molar-refractivity contribution is 0.347. The Balaban J connectivity index is 2.45. The van der Waals surface area contributed by atoms with Gasteiger partial charge in [0.25, 0.3) is 0 Å². The monoisotopic (exact) mass is 206 g/mol. The maximum absolute atomic E-state index is 5.51. The molecule has 1 N–H and O–H groups in total. The summed E-state index contributed by atoms with van der Waals surface area (Å²) in [7, 11) is 1.90. The highest BCUT2D eigenvalue weighted by Gasteiger charge is 1.97. The van der Waals surface area contributed by atoms with Crippen LogP contribution in [0.5, 0.6) is 5.75 Å². The summed E-state index contributed by atoms with van der Waals surface area (Å²) in [4.78, 5) is 4.26.